The lowest BCUT2D eigenvalue weighted by Gasteiger charge is -2.22. The Morgan fingerprint density at radius 1 is 1.06 bits per heavy atom. The normalized spacial score (nSPS) is 14.7. The molecule has 6 rings (SSSR count). The van der Waals surface area contributed by atoms with Gasteiger partial charge in [-0.3, -0.25) is 0 Å². The highest BCUT2D eigenvalue weighted by atomic mass is 32.2. The molecule has 3 aromatic heterocycles. The van der Waals surface area contributed by atoms with Crippen LogP contribution in [0.1, 0.15) is 84.5 Å². The number of furan rings is 1. The lowest BCUT2D eigenvalue weighted by atomic mass is 9.99. The maximum Gasteiger partial charge on any atom is 0.421 e. The number of anilines is 1. The van der Waals surface area contributed by atoms with Gasteiger partial charge in [0, 0.05) is 30.1 Å². The second-order valence-corrected chi connectivity index (χ2v) is 15.7. The van der Waals surface area contributed by atoms with Gasteiger partial charge in [-0.05, 0) is 67.9 Å². The van der Waals surface area contributed by atoms with Gasteiger partial charge in [0.05, 0.1) is 28.0 Å². The molecular formula is C37H39F3N6O6S. The summed E-state index contributed by atoms with van der Waals surface area (Å²) < 4.78 is 83.1. The Kier molecular flexibility index (Phi) is 10.2. The number of hydrogen-bond acceptors (Lipinski definition) is 10. The number of sulfonamides is 1. The van der Waals surface area contributed by atoms with Gasteiger partial charge in [-0.1, -0.05) is 45.0 Å². The fraction of sp³-hybridized carbons (Fsp3) is 0.378. The van der Waals surface area contributed by atoms with Crippen molar-refractivity contribution in [1.82, 2.24) is 25.3 Å². The van der Waals surface area contributed by atoms with Crippen molar-refractivity contribution in [3.63, 3.8) is 0 Å². The molecule has 0 aliphatic heterocycles. The van der Waals surface area contributed by atoms with Crippen LogP contribution in [-0.2, 0) is 22.7 Å². The smallest absolute Gasteiger partial charge is 0.421 e. The molecule has 0 radical (unpaired) electrons. The van der Waals surface area contributed by atoms with Crippen LogP contribution in [0.15, 0.2) is 64.0 Å². The number of nitrogens with one attached hydrogen (secondary N) is 2. The maximum atomic E-state index is 14.1. The van der Waals surface area contributed by atoms with Gasteiger partial charge in [0.2, 0.25) is 17.5 Å². The third kappa shape index (κ3) is 8.60. The molecule has 5 aromatic rings. The molecule has 1 fully saturated rings. The van der Waals surface area contributed by atoms with E-state index in [1.807, 2.05) is 32.0 Å². The highest BCUT2D eigenvalue weighted by molar-refractivity contribution is 7.92. The first-order valence-electron chi connectivity index (χ1n) is 17.0. The first-order chi connectivity index (χ1) is 24.9. The van der Waals surface area contributed by atoms with Crippen LogP contribution in [0.2, 0.25) is 0 Å². The number of aromatic nitrogens is 4. The Morgan fingerprint density at radius 2 is 1.75 bits per heavy atom. The summed E-state index contributed by atoms with van der Waals surface area (Å²) in [6, 6.07) is 11.9. The van der Waals surface area contributed by atoms with E-state index in [-0.39, 0.29) is 69.6 Å². The van der Waals surface area contributed by atoms with Crippen molar-refractivity contribution in [1.29, 1.82) is 0 Å². The number of benzene rings is 2. The number of alkyl halides is 3. The summed E-state index contributed by atoms with van der Waals surface area (Å²) in [7, 11) is -4.32. The van der Waals surface area contributed by atoms with Gasteiger partial charge in [0.1, 0.15) is 23.4 Å². The van der Waals surface area contributed by atoms with Gasteiger partial charge in [-0.25, -0.2) is 32.9 Å². The summed E-state index contributed by atoms with van der Waals surface area (Å²) in [5.74, 6) is -2.25. The van der Waals surface area contributed by atoms with Crippen molar-refractivity contribution in [2.75, 3.05) is 11.3 Å². The molecule has 0 spiro atoms. The van der Waals surface area contributed by atoms with Gasteiger partial charge < -0.3 is 19.6 Å². The molecule has 1 aliphatic rings. The largest absolute Gasteiger partial charge is 0.478 e. The SMILES string of the molecule is Cc1cccc(C)c1-c1cc(OC[C@@H](CC2(C)CC2)NCc2cnc3oc(C(C)C)c(C(F)(F)F)c3n2)nc(NS(=O)(=O)c2cccc(C(=O)O)c2)n1. The molecule has 280 valence electrons. The third-order valence-corrected chi connectivity index (χ3v) is 10.5. The number of hydrogen-bond donors (Lipinski definition) is 3. The van der Waals surface area contributed by atoms with Crippen LogP contribution in [0.25, 0.3) is 22.5 Å². The summed E-state index contributed by atoms with van der Waals surface area (Å²) in [4.78, 5) is 28.5. The zero-order valence-corrected chi connectivity index (χ0v) is 30.5. The minimum Gasteiger partial charge on any atom is -0.478 e. The number of nitrogens with zero attached hydrogens (tertiary/aromatic N) is 4. The van der Waals surface area contributed by atoms with E-state index >= 15 is 0 Å². The Balaban J connectivity index is 1.28. The summed E-state index contributed by atoms with van der Waals surface area (Å²) >= 11 is 0. The van der Waals surface area contributed by atoms with Crippen LogP contribution in [0.4, 0.5) is 19.1 Å². The predicted molar refractivity (Wildman–Crippen MR) is 190 cm³/mol. The van der Waals surface area contributed by atoms with E-state index in [2.05, 4.69) is 36.9 Å². The van der Waals surface area contributed by atoms with Crippen molar-refractivity contribution in [2.45, 2.75) is 83.5 Å². The van der Waals surface area contributed by atoms with Gasteiger partial charge in [-0.15, -0.1) is 0 Å². The molecule has 1 atom stereocenters. The van der Waals surface area contributed by atoms with Crippen molar-refractivity contribution < 1.29 is 40.6 Å². The first kappa shape index (κ1) is 37.7. The van der Waals surface area contributed by atoms with Crippen molar-refractivity contribution in [3.05, 3.63) is 88.4 Å². The molecule has 0 unspecified atom stereocenters. The topological polar surface area (TPSA) is 169 Å². The van der Waals surface area contributed by atoms with Gasteiger partial charge >= 0.3 is 12.1 Å². The number of aromatic carboxylic acids is 1. The van der Waals surface area contributed by atoms with E-state index in [1.165, 1.54) is 24.4 Å². The van der Waals surface area contributed by atoms with Crippen LogP contribution in [0.3, 0.4) is 0 Å². The number of carboxylic acids is 1. The lowest BCUT2D eigenvalue weighted by molar-refractivity contribution is -0.137. The standard InChI is InChI=1S/C37H39F3N6O6S/c1-20(2)32-30(37(38,39)40)31-33(52-32)42-18-25(43-31)17-41-24(16-36(5)12-13-36)19-51-28-15-27(29-21(3)8-6-9-22(29)4)44-35(45-28)46-53(49,50)26-11-7-10-23(14-26)34(47)48/h6-11,14-15,18,20,24,41H,12-13,16-17,19H2,1-5H3,(H,47,48)(H,44,45,46)/t24-/m1/s1. The number of ether oxygens (including phenoxy) is 1. The number of halogens is 3. The molecule has 1 aliphatic carbocycles. The van der Waals surface area contributed by atoms with Gasteiger partial charge in [0.25, 0.3) is 10.0 Å². The van der Waals surface area contributed by atoms with Crippen molar-refractivity contribution in [3.8, 4) is 17.1 Å². The zero-order valence-electron chi connectivity index (χ0n) is 29.7. The van der Waals surface area contributed by atoms with Crippen molar-refractivity contribution >= 4 is 33.2 Å². The fourth-order valence-electron chi connectivity index (χ4n) is 6.19. The quantitative estimate of drug-likeness (QED) is 0.102. The Morgan fingerprint density at radius 3 is 2.40 bits per heavy atom. The molecule has 53 heavy (non-hydrogen) atoms. The third-order valence-electron chi connectivity index (χ3n) is 9.19. The number of fused-ring (bicyclic) bond motifs is 1. The Hall–Kier alpha value is -5.09. The minimum atomic E-state index is -4.68. The first-order valence-corrected chi connectivity index (χ1v) is 18.4. The number of aryl methyl sites for hydroxylation is 2. The Bertz CT molecular complexity index is 2270. The second kappa shape index (κ2) is 14.4. The van der Waals surface area contributed by atoms with Crippen molar-refractivity contribution in [2.24, 2.45) is 5.41 Å². The fourth-order valence-corrected chi connectivity index (χ4v) is 7.18. The highest BCUT2D eigenvalue weighted by Gasteiger charge is 2.41. The van der Waals surface area contributed by atoms with Gasteiger partial charge in [-0.2, -0.15) is 18.2 Å². The second-order valence-electron chi connectivity index (χ2n) is 14.0. The zero-order chi connectivity index (χ0) is 38.3. The van der Waals surface area contributed by atoms with E-state index in [9.17, 15) is 31.5 Å². The average Bonchev–Trinajstić information content (AvgIpc) is 3.67. The van der Waals surface area contributed by atoms with Crippen LogP contribution in [-0.4, -0.2) is 52.1 Å². The maximum absolute atomic E-state index is 14.1. The predicted octanol–water partition coefficient (Wildman–Crippen LogP) is 7.67. The molecule has 16 heteroatoms. The van der Waals surface area contributed by atoms with E-state index < -0.39 is 33.7 Å². The summed E-state index contributed by atoms with van der Waals surface area (Å²) in [6.45, 7) is 9.31. The summed E-state index contributed by atoms with van der Waals surface area (Å²) in [5, 5.41) is 12.8. The molecule has 0 bridgehead atoms. The van der Waals surface area contributed by atoms with Crippen LogP contribution in [0.5, 0.6) is 5.88 Å². The number of carboxylic acid groups (broad SMARTS) is 1. The molecule has 2 aromatic carbocycles. The van der Waals surface area contributed by atoms with Gasteiger partial charge in [0.15, 0.2) is 0 Å². The van der Waals surface area contributed by atoms with E-state index in [4.69, 9.17) is 9.15 Å². The molecule has 1 saturated carbocycles. The summed E-state index contributed by atoms with van der Waals surface area (Å²) in [6.07, 6.45) is -0.624. The van der Waals surface area contributed by atoms with E-state index in [1.54, 1.807) is 19.9 Å². The van der Waals surface area contributed by atoms with Crippen LogP contribution >= 0.6 is 0 Å². The summed E-state index contributed by atoms with van der Waals surface area (Å²) in [5.41, 5.74) is 1.57. The molecular weight excluding hydrogens is 714 g/mol. The molecule has 3 heterocycles. The van der Waals surface area contributed by atoms with Crippen LogP contribution < -0.4 is 14.8 Å². The monoisotopic (exact) mass is 752 g/mol. The van der Waals surface area contributed by atoms with E-state index in [0.717, 1.165) is 35.6 Å². The average molecular weight is 753 g/mol. The Labute approximate surface area is 304 Å². The number of rotatable bonds is 14. The van der Waals surface area contributed by atoms with Crippen LogP contribution in [0, 0.1) is 19.3 Å². The lowest BCUT2D eigenvalue weighted by Crippen LogP contribution is -2.36. The molecule has 0 saturated heterocycles. The highest BCUT2D eigenvalue weighted by Crippen LogP contribution is 2.49. The molecule has 12 nitrogen and oxygen atoms in total. The number of carbonyl (C=O) groups is 1. The molecule has 0 amide bonds. The van der Waals surface area contributed by atoms with E-state index in [0.29, 0.717) is 12.1 Å². The molecule has 3 N–H and O–H groups in total. The minimum absolute atomic E-state index is 0.0389.